The maximum atomic E-state index is 11.6. The van der Waals surface area contributed by atoms with Crippen molar-refractivity contribution in [3.05, 3.63) is 0 Å². The number of rotatable bonds is 0. The van der Waals surface area contributed by atoms with Crippen LogP contribution in [0.1, 0.15) is 51.4 Å². The summed E-state index contributed by atoms with van der Waals surface area (Å²) in [6.45, 7) is 0. The summed E-state index contributed by atoms with van der Waals surface area (Å²) in [6, 6.07) is 0. The number of ketones is 1. The molecule has 0 aromatic rings. The summed E-state index contributed by atoms with van der Waals surface area (Å²) in [5, 5.41) is 0. The smallest absolute Gasteiger partial charge is 0.136 e. The summed E-state index contributed by atoms with van der Waals surface area (Å²) >= 11 is 0. The molecule has 2 rings (SSSR count). The minimum absolute atomic E-state index is 0.473. The Labute approximate surface area is 74.5 Å². The van der Waals surface area contributed by atoms with Gasteiger partial charge in [-0.2, -0.15) is 0 Å². The molecule has 2 aliphatic carbocycles. The molecule has 68 valence electrons. The van der Waals surface area contributed by atoms with E-state index in [0.29, 0.717) is 11.7 Å². The van der Waals surface area contributed by atoms with Crippen molar-refractivity contribution in [2.45, 2.75) is 51.4 Å². The van der Waals surface area contributed by atoms with Crippen LogP contribution in [-0.2, 0) is 4.79 Å². The number of Topliss-reactive ketones (excluding diaryl/α,β-unsaturated/α-hetero) is 1. The molecule has 0 N–H and O–H groups in total. The molecule has 1 heteroatoms. The molecule has 2 aliphatic rings. The van der Waals surface area contributed by atoms with Crippen LogP contribution in [0.2, 0.25) is 0 Å². The van der Waals surface area contributed by atoms with E-state index in [1.165, 1.54) is 38.5 Å². The molecule has 0 aliphatic heterocycles. The van der Waals surface area contributed by atoms with Crippen molar-refractivity contribution in [2.24, 2.45) is 11.8 Å². The average molecular weight is 166 g/mol. The summed E-state index contributed by atoms with van der Waals surface area (Å²) in [4.78, 5) is 11.6. The third-order valence-corrected chi connectivity index (χ3v) is 3.57. The lowest BCUT2D eigenvalue weighted by atomic mass is 9.76. The first-order valence-electron chi connectivity index (χ1n) is 5.40. The lowest BCUT2D eigenvalue weighted by Gasteiger charge is -2.28. The third kappa shape index (κ3) is 1.55. The quantitative estimate of drug-likeness (QED) is 0.540. The molecule has 0 radical (unpaired) electrons. The first-order chi connectivity index (χ1) is 5.88. The SMILES string of the molecule is O=C1CCCC[C@H]2CCCC[C@H]12. The van der Waals surface area contributed by atoms with E-state index in [1.54, 1.807) is 0 Å². The Kier molecular flexibility index (Phi) is 2.48. The van der Waals surface area contributed by atoms with Crippen molar-refractivity contribution in [3.8, 4) is 0 Å². The van der Waals surface area contributed by atoms with Gasteiger partial charge in [0.25, 0.3) is 0 Å². The Morgan fingerprint density at radius 3 is 2.42 bits per heavy atom. The first kappa shape index (κ1) is 8.28. The van der Waals surface area contributed by atoms with Crippen molar-refractivity contribution in [1.29, 1.82) is 0 Å². The van der Waals surface area contributed by atoms with Crippen LogP contribution in [0.3, 0.4) is 0 Å². The van der Waals surface area contributed by atoms with Gasteiger partial charge in [0, 0.05) is 12.3 Å². The van der Waals surface area contributed by atoms with E-state index in [-0.39, 0.29) is 0 Å². The highest BCUT2D eigenvalue weighted by Gasteiger charge is 2.31. The van der Waals surface area contributed by atoms with E-state index < -0.39 is 0 Å². The molecule has 2 saturated carbocycles. The van der Waals surface area contributed by atoms with Gasteiger partial charge in [-0.05, 0) is 31.6 Å². The maximum Gasteiger partial charge on any atom is 0.136 e. The highest BCUT2D eigenvalue weighted by Crippen LogP contribution is 2.37. The predicted octanol–water partition coefficient (Wildman–Crippen LogP) is 2.94. The number of fused-ring (bicyclic) bond motifs is 1. The van der Waals surface area contributed by atoms with Crippen LogP contribution in [0.25, 0.3) is 0 Å². The van der Waals surface area contributed by atoms with Crippen LogP contribution in [0.5, 0.6) is 0 Å². The van der Waals surface area contributed by atoms with Crippen LogP contribution in [0, 0.1) is 11.8 Å². The molecule has 0 aromatic heterocycles. The fourth-order valence-corrected chi connectivity index (χ4v) is 2.87. The Balaban J connectivity index is 2.06. The molecule has 0 bridgehead atoms. The van der Waals surface area contributed by atoms with Crippen LogP contribution >= 0.6 is 0 Å². The zero-order chi connectivity index (χ0) is 8.39. The summed E-state index contributed by atoms with van der Waals surface area (Å²) in [7, 11) is 0. The molecule has 0 amide bonds. The third-order valence-electron chi connectivity index (χ3n) is 3.57. The Morgan fingerprint density at radius 1 is 0.917 bits per heavy atom. The topological polar surface area (TPSA) is 17.1 Å². The summed E-state index contributed by atoms with van der Waals surface area (Å²) < 4.78 is 0. The zero-order valence-corrected chi connectivity index (χ0v) is 7.72. The van der Waals surface area contributed by atoms with E-state index in [9.17, 15) is 4.79 Å². The fourth-order valence-electron chi connectivity index (χ4n) is 2.87. The van der Waals surface area contributed by atoms with Gasteiger partial charge in [0.15, 0.2) is 0 Å². The summed E-state index contributed by atoms with van der Waals surface area (Å²) in [5.41, 5.74) is 0. The standard InChI is InChI=1S/C11H18O/c12-11-8-4-2-6-9-5-1-3-7-10(9)11/h9-10H,1-8H2/t9-,10+/m1/s1. The van der Waals surface area contributed by atoms with E-state index >= 15 is 0 Å². The predicted molar refractivity (Wildman–Crippen MR) is 48.9 cm³/mol. The molecular weight excluding hydrogens is 148 g/mol. The van der Waals surface area contributed by atoms with Crippen LogP contribution in [0.4, 0.5) is 0 Å². The van der Waals surface area contributed by atoms with Crippen LogP contribution in [-0.4, -0.2) is 5.78 Å². The van der Waals surface area contributed by atoms with Gasteiger partial charge in [0.1, 0.15) is 5.78 Å². The second-order valence-electron chi connectivity index (χ2n) is 4.36. The minimum atomic E-state index is 0.473. The second-order valence-corrected chi connectivity index (χ2v) is 4.36. The molecule has 12 heavy (non-hydrogen) atoms. The number of hydrogen-bond acceptors (Lipinski definition) is 1. The Morgan fingerprint density at radius 2 is 1.58 bits per heavy atom. The molecule has 0 aromatic carbocycles. The molecule has 0 saturated heterocycles. The second kappa shape index (κ2) is 3.59. The molecule has 0 unspecified atom stereocenters. The largest absolute Gasteiger partial charge is 0.299 e. The Bertz CT molecular complexity index is 174. The van der Waals surface area contributed by atoms with Crippen molar-refractivity contribution in [1.82, 2.24) is 0 Å². The molecule has 1 nitrogen and oxygen atoms in total. The lowest BCUT2D eigenvalue weighted by Crippen LogP contribution is -2.25. The highest BCUT2D eigenvalue weighted by molar-refractivity contribution is 5.81. The zero-order valence-electron chi connectivity index (χ0n) is 7.72. The Hall–Kier alpha value is -0.330. The van der Waals surface area contributed by atoms with Crippen molar-refractivity contribution >= 4 is 5.78 Å². The lowest BCUT2D eigenvalue weighted by molar-refractivity contribution is -0.125. The van der Waals surface area contributed by atoms with Gasteiger partial charge < -0.3 is 0 Å². The van der Waals surface area contributed by atoms with Gasteiger partial charge in [0.05, 0.1) is 0 Å². The monoisotopic (exact) mass is 166 g/mol. The number of carbonyl (C=O) groups is 1. The van der Waals surface area contributed by atoms with Crippen molar-refractivity contribution in [2.75, 3.05) is 0 Å². The average Bonchev–Trinajstić information content (AvgIpc) is 2.29. The van der Waals surface area contributed by atoms with Gasteiger partial charge in [0.2, 0.25) is 0 Å². The van der Waals surface area contributed by atoms with Gasteiger partial charge in [-0.25, -0.2) is 0 Å². The van der Waals surface area contributed by atoms with Crippen LogP contribution in [0.15, 0.2) is 0 Å². The fraction of sp³-hybridized carbons (Fsp3) is 0.909. The normalized spacial score (nSPS) is 37.2. The van der Waals surface area contributed by atoms with E-state index in [1.807, 2.05) is 0 Å². The van der Waals surface area contributed by atoms with E-state index in [0.717, 1.165) is 18.8 Å². The molecule has 2 fully saturated rings. The summed E-state index contributed by atoms with van der Waals surface area (Å²) in [5.74, 6) is 1.83. The van der Waals surface area contributed by atoms with Crippen LogP contribution < -0.4 is 0 Å². The molecule has 0 heterocycles. The van der Waals surface area contributed by atoms with Crippen molar-refractivity contribution in [3.63, 3.8) is 0 Å². The van der Waals surface area contributed by atoms with Crippen molar-refractivity contribution < 1.29 is 4.79 Å². The molecular formula is C11H18O. The molecule has 0 spiro atoms. The van der Waals surface area contributed by atoms with E-state index in [2.05, 4.69) is 0 Å². The summed E-state index contributed by atoms with van der Waals surface area (Å²) in [6.07, 6.45) is 9.86. The van der Waals surface area contributed by atoms with E-state index in [4.69, 9.17) is 0 Å². The first-order valence-corrected chi connectivity index (χ1v) is 5.40. The maximum absolute atomic E-state index is 11.6. The number of hydrogen-bond donors (Lipinski definition) is 0. The van der Waals surface area contributed by atoms with Gasteiger partial charge in [-0.1, -0.05) is 19.3 Å². The van der Waals surface area contributed by atoms with Gasteiger partial charge in [-0.3, -0.25) is 4.79 Å². The minimum Gasteiger partial charge on any atom is -0.299 e. The number of carbonyl (C=O) groups excluding carboxylic acids is 1. The van der Waals surface area contributed by atoms with Gasteiger partial charge in [-0.15, -0.1) is 0 Å². The molecule has 2 atom stereocenters. The highest BCUT2D eigenvalue weighted by atomic mass is 16.1. The van der Waals surface area contributed by atoms with Gasteiger partial charge >= 0.3 is 0 Å².